The Morgan fingerprint density at radius 2 is 1.67 bits per heavy atom. The van der Waals surface area contributed by atoms with Crippen molar-refractivity contribution in [1.29, 1.82) is 0 Å². The number of carbonyl (C=O) groups excluding carboxylic acids is 1. The minimum Gasteiger partial charge on any atom is -0.406 e. The number of rotatable bonds is 1. The highest BCUT2D eigenvalue weighted by atomic mass is 19.4. The Bertz CT molecular complexity index is 633. The summed E-state index contributed by atoms with van der Waals surface area (Å²) in [6.07, 6.45) is -4.74. The average Bonchev–Trinajstić information content (AvgIpc) is 2.57. The number of anilines is 1. The molecule has 6 heteroatoms. The maximum atomic E-state index is 12.5. The average molecular weight is 299 g/mol. The third kappa shape index (κ3) is 1.48. The smallest absolute Gasteiger partial charge is 0.406 e. The zero-order valence-corrected chi connectivity index (χ0v) is 12.2. The summed E-state index contributed by atoms with van der Waals surface area (Å²) in [5, 5.41) is 2.78. The van der Waals surface area contributed by atoms with Gasteiger partial charge in [0.05, 0.1) is 5.41 Å². The first kappa shape index (κ1) is 14.2. The molecule has 1 saturated carbocycles. The van der Waals surface area contributed by atoms with Gasteiger partial charge in [0.2, 0.25) is 5.91 Å². The quantitative estimate of drug-likeness (QED) is 0.855. The Kier molecular flexibility index (Phi) is 2.40. The molecule has 1 aliphatic heterocycles. The van der Waals surface area contributed by atoms with E-state index in [-0.39, 0.29) is 22.5 Å². The summed E-state index contributed by atoms with van der Waals surface area (Å²) >= 11 is 0. The minimum absolute atomic E-state index is 0.156. The molecule has 3 rings (SSSR count). The van der Waals surface area contributed by atoms with Crippen LogP contribution < -0.4 is 10.1 Å². The van der Waals surface area contributed by atoms with Crippen molar-refractivity contribution >= 4 is 11.6 Å². The molecule has 0 atom stereocenters. The van der Waals surface area contributed by atoms with Crippen molar-refractivity contribution in [1.82, 2.24) is 0 Å². The molecule has 1 aliphatic carbocycles. The minimum atomic E-state index is -4.74. The largest absolute Gasteiger partial charge is 0.573 e. The van der Waals surface area contributed by atoms with Crippen molar-refractivity contribution in [2.75, 3.05) is 5.32 Å². The Hall–Kier alpha value is -1.72. The summed E-state index contributed by atoms with van der Waals surface area (Å²) in [6.45, 7) is 7.83. The van der Waals surface area contributed by atoms with E-state index in [9.17, 15) is 18.0 Å². The summed E-state index contributed by atoms with van der Waals surface area (Å²) in [6, 6.07) is 4.01. The lowest BCUT2D eigenvalue weighted by Gasteiger charge is -2.15. The van der Waals surface area contributed by atoms with Crippen LogP contribution in [-0.4, -0.2) is 12.3 Å². The van der Waals surface area contributed by atoms with Gasteiger partial charge in [-0.15, -0.1) is 13.2 Å². The van der Waals surface area contributed by atoms with Crippen molar-refractivity contribution in [3.05, 3.63) is 23.8 Å². The number of amides is 1. The van der Waals surface area contributed by atoms with E-state index in [0.717, 1.165) is 0 Å². The Morgan fingerprint density at radius 1 is 1.10 bits per heavy atom. The van der Waals surface area contributed by atoms with Crippen molar-refractivity contribution in [2.45, 2.75) is 39.5 Å². The lowest BCUT2D eigenvalue weighted by Crippen LogP contribution is -2.26. The van der Waals surface area contributed by atoms with E-state index in [2.05, 4.69) is 10.1 Å². The Balaban J connectivity index is 2.12. The molecule has 0 saturated heterocycles. The molecule has 21 heavy (non-hydrogen) atoms. The highest BCUT2D eigenvalue weighted by Crippen LogP contribution is 2.80. The first-order chi connectivity index (χ1) is 9.45. The van der Waals surface area contributed by atoms with Gasteiger partial charge in [0.15, 0.2) is 0 Å². The normalized spacial score (nSPS) is 23.7. The molecule has 1 N–H and O–H groups in total. The van der Waals surface area contributed by atoms with Crippen molar-refractivity contribution < 1.29 is 22.7 Å². The molecule has 1 aromatic rings. The second-order valence-corrected chi connectivity index (χ2v) is 6.71. The van der Waals surface area contributed by atoms with E-state index in [1.807, 2.05) is 27.7 Å². The predicted octanol–water partition coefficient (Wildman–Crippen LogP) is 3.84. The lowest BCUT2D eigenvalue weighted by atomic mass is 9.87. The summed E-state index contributed by atoms with van der Waals surface area (Å²) < 4.78 is 41.1. The van der Waals surface area contributed by atoms with Crippen LogP contribution in [0.15, 0.2) is 18.2 Å². The molecular formula is C15H16F3NO2. The molecular weight excluding hydrogens is 283 g/mol. The van der Waals surface area contributed by atoms with E-state index in [1.165, 1.54) is 18.2 Å². The van der Waals surface area contributed by atoms with Gasteiger partial charge in [-0.2, -0.15) is 0 Å². The standard InChI is InChI=1S/C15H16F3NO2/c1-12(2)13(3,4)14(12)9-7-8(21-15(16,17)18)5-6-10(9)19-11(14)20/h5-7H,1-4H3,(H,19,20). The predicted molar refractivity (Wildman–Crippen MR) is 71.0 cm³/mol. The maximum Gasteiger partial charge on any atom is 0.573 e. The third-order valence-corrected chi connectivity index (χ3v) is 5.59. The zero-order valence-electron chi connectivity index (χ0n) is 12.2. The van der Waals surface area contributed by atoms with Gasteiger partial charge in [-0.05, 0) is 34.6 Å². The number of benzene rings is 1. The van der Waals surface area contributed by atoms with Crippen LogP contribution in [0.2, 0.25) is 0 Å². The van der Waals surface area contributed by atoms with Gasteiger partial charge < -0.3 is 10.1 Å². The second-order valence-electron chi connectivity index (χ2n) is 6.71. The van der Waals surface area contributed by atoms with E-state index >= 15 is 0 Å². The fraction of sp³-hybridized carbons (Fsp3) is 0.533. The molecule has 0 unspecified atom stereocenters. The summed E-state index contributed by atoms with van der Waals surface area (Å²) in [4.78, 5) is 12.5. The van der Waals surface area contributed by atoms with Crippen LogP contribution in [0, 0.1) is 10.8 Å². The van der Waals surface area contributed by atoms with E-state index < -0.39 is 11.8 Å². The van der Waals surface area contributed by atoms with Crippen LogP contribution >= 0.6 is 0 Å². The number of hydrogen-bond acceptors (Lipinski definition) is 2. The monoisotopic (exact) mass is 299 g/mol. The molecule has 1 heterocycles. The Labute approximate surface area is 120 Å². The summed E-state index contributed by atoms with van der Waals surface area (Å²) in [5.74, 6) is -0.452. The van der Waals surface area contributed by atoms with Crippen LogP contribution in [0.4, 0.5) is 18.9 Å². The molecule has 114 valence electrons. The molecule has 0 bridgehead atoms. The van der Waals surface area contributed by atoms with Crippen LogP contribution in [0.1, 0.15) is 33.3 Å². The maximum absolute atomic E-state index is 12.5. The first-order valence-electron chi connectivity index (χ1n) is 6.67. The van der Waals surface area contributed by atoms with Crippen LogP contribution in [0.5, 0.6) is 5.75 Å². The number of halogens is 3. The van der Waals surface area contributed by atoms with E-state index in [1.54, 1.807) is 0 Å². The van der Waals surface area contributed by atoms with Gasteiger partial charge in [-0.25, -0.2) is 0 Å². The number of fused-ring (bicyclic) bond motifs is 2. The van der Waals surface area contributed by atoms with Crippen LogP contribution in [0.3, 0.4) is 0 Å². The van der Waals surface area contributed by atoms with Crippen LogP contribution in [0.25, 0.3) is 0 Å². The number of nitrogens with one attached hydrogen (secondary N) is 1. The second kappa shape index (κ2) is 3.54. The molecule has 1 amide bonds. The number of alkyl halides is 3. The van der Waals surface area contributed by atoms with E-state index in [0.29, 0.717) is 11.3 Å². The van der Waals surface area contributed by atoms with Crippen molar-refractivity contribution in [3.8, 4) is 5.75 Å². The fourth-order valence-corrected chi connectivity index (χ4v) is 4.03. The summed E-state index contributed by atoms with van der Waals surface area (Å²) in [7, 11) is 0. The van der Waals surface area contributed by atoms with E-state index in [4.69, 9.17) is 0 Å². The molecule has 1 fully saturated rings. The first-order valence-corrected chi connectivity index (χ1v) is 6.67. The number of ether oxygens (including phenoxy) is 1. The zero-order chi connectivity index (χ0) is 15.8. The fourth-order valence-electron chi connectivity index (χ4n) is 4.03. The number of hydrogen-bond donors (Lipinski definition) is 1. The SMILES string of the molecule is CC1(C)C(C)(C)C12C(=O)Nc1ccc(OC(F)(F)F)cc12. The summed E-state index contributed by atoms with van der Waals surface area (Å²) in [5.41, 5.74) is -0.337. The lowest BCUT2D eigenvalue weighted by molar-refractivity contribution is -0.274. The van der Waals surface area contributed by atoms with Gasteiger partial charge in [-0.1, -0.05) is 27.7 Å². The van der Waals surface area contributed by atoms with Gasteiger partial charge in [0.25, 0.3) is 0 Å². The van der Waals surface area contributed by atoms with Gasteiger partial charge in [0.1, 0.15) is 5.75 Å². The molecule has 1 aromatic carbocycles. The molecule has 3 nitrogen and oxygen atoms in total. The highest BCUT2D eigenvalue weighted by molar-refractivity contribution is 6.11. The van der Waals surface area contributed by atoms with Gasteiger partial charge in [0, 0.05) is 5.69 Å². The van der Waals surface area contributed by atoms with Crippen molar-refractivity contribution in [3.63, 3.8) is 0 Å². The van der Waals surface area contributed by atoms with Crippen molar-refractivity contribution in [2.24, 2.45) is 10.8 Å². The highest BCUT2D eigenvalue weighted by Gasteiger charge is 2.83. The third-order valence-electron chi connectivity index (χ3n) is 5.59. The van der Waals surface area contributed by atoms with Gasteiger partial charge >= 0.3 is 6.36 Å². The molecule has 0 aromatic heterocycles. The van der Waals surface area contributed by atoms with Gasteiger partial charge in [-0.3, -0.25) is 4.79 Å². The number of carbonyl (C=O) groups is 1. The van der Waals surface area contributed by atoms with Crippen LogP contribution in [-0.2, 0) is 10.2 Å². The molecule has 1 spiro atoms. The Morgan fingerprint density at radius 3 is 2.14 bits per heavy atom. The molecule has 0 radical (unpaired) electrons. The topological polar surface area (TPSA) is 38.3 Å². The molecule has 2 aliphatic rings.